The summed E-state index contributed by atoms with van der Waals surface area (Å²) in [4.78, 5) is 0.400. The van der Waals surface area contributed by atoms with Crippen LogP contribution in [0.4, 0.5) is 0 Å². The third-order valence-corrected chi connectivity index (χ3v) is 6.24. The Morgan fingerprint density at radius 2 is 1.82 bits per heavy atom. The van der Waals surface area contributed by atoms with Gasteiger partial charge >= 0.3 is 0 Å². The van der Waals surface area contributed by atoms with Gasteiger partial charge in [-0.15, -0.1) is 0 Å². The van der Waals surface area contributed by atoms with Crippen LogP contribution >= 0.6 is 12.2 Å². The van der Waals surface area contributed by atoms with Gasteiger partial charge in [-0.25, -0.2) is 8.42 Å². The molecule has 0 aliphatic heterocycles. The van der Waals surface area contributed by atoms with Gasteiger partial charge in [0.1, 0.15) is 0 Å². The summed E-state index contributed by atoms with van der Waals surface area (Å²) in [6, 6.07) is 0.218. The minimum Gasteiger partial charge on any atom is -0.393 e. The summed E-state index contributed by atoms with van der Waals surface area (Å²) in [6.45, 7) is 0.471. The van der Waals surface area contributed by atoms with E-state index in [1.54, 1.807) is 4.31 Å². The van der Waals surface area contributed by atoms with Gasteiger partial charge in [-0.05, 0) is 25.7 Å². The van der Waals surface area contributed by atoms with Gasteiger partial charge in [-0.1, -0.05) is 25.1 Å². The number of hydrogen-bond donors (Lipinski definition) is 1. The molecule has 2 N–H and O–H groups in total. The van der Waals surface area contributed by atoms with Gasteiger partial charge in [0, 0.05) is 19.0 Å². The van der Waals surface area contributed by atoms with E-state index in [2.05, 4.69) is 0 Å². The smallest absolute Gasteiger partial charge is 0.217 e. The molecule has 0 aromatic carbocycles. The van der Waals surface area contributed by atoms with Gasteiger partial charge in [-0.3, -0.25) is 0 Å². The monoisotopic (exact) mass is 276 g/mol. The largest absolute Gasteiger partial charge is 0.393 e. The van der Waals surface area contributed by atoms with E-state index in [0.29, 0.717) is 18.0 Å². The number of thiocarbonyl (C=S) groups is 1. The molecule has 2 aliphatic carbocycles. The molecule has 6 heteroatoms. The van der Waals surface area contributed by atoms with Crippen molar-refractivity contribution in [2.45, 2.75) is 56.2 Å². The lowest BCUT2D eigenvalue weighted by Crippen LogP contribution is -2.40. The van der Waals surface area contributed by atoms with Crippen molar-refractivity contribution in [3.63, 3.8) is 0 Å². The second-order valence-corrected chi connectivity index (χ2v) is 7.70. The van der Waals surface area contributed by atoms with Crippen molar-refractivity contribution in [3.8, 4) is 0 Å². The zero-order valence-corrected chi connectivity index (χ0v) is 11.6. The van der Waals surface area contributed by atoms with Gasteiger partial charge in [0.25, 0.3) is 0 Å². The normalized spacial score (nSPS) is 22.2. The number of rotatable bonds is 6. The first kappa shape index (κ1) is 13.2. The van der Waals surface area contributed by atoms with Crippen LogP contribution in [0.2, 0.25) is 0 Å². The third kappa shape index (κ3) is 3.17. The average molecular weight is 276 g/mol. The number of hydrogen-bond acceptors (Lipinski definition) is 3. The van der Waals surface area contributed by atoms with Crippen LogP contribution in [0.5, 0.6) is 0 Å². The van der Waals surface area contributed by atoms with E-state index in [-0.39, 0.29) is 11.3 Å². The van der Waals surface area contributed by atoms with E-state index in [1.165, 1.54) is 0 Å². The Kier molecular flexibility index (Phi) is 4.05. The molecule has 98 valence electrons. The van der Waals surface area contributed by atoms with Crippen LogP contribution in [0.3, 0.4) is 0 Å². The van der Waals surface area contributed by atoms with Crippen LogP contribution < -0.4 is 5.73 Å². The molecule has 2 fully saturated rings. The summed E-state index contributed by atoms with van der Waals surface area (Å²) in [5.41, 5.74) is 5.47. The van der Waals surface area contributed by atoms with Gasteiger partial charge in [0.15, 0.2) is 0 Å². The SMILES string of the molecule is NC(=S)CCN(C1CC1)S(=O)(=O)C1CCCC1. The Bertz CT molecular complexity index is 384. The molecule has 0 aromatic heterocycles. The van der Waals surface area contributed by atoms with Crippen molar-refractivity contribution in [3.05, 3.63) is 0 Å². The lowest BCUT2D eigenvalue weighted by Gasteiger charge is -2.25. The Labute approximate surface area is 109 Å². The second-order valence-electron chi connectivity index (χ2n) is 5.01. The molecule has 0 radical (unpaired) electrons. The van der Waals surface area contributed by atoms with E-state index in [9.17, 15) is 8.42 Å². The van der Waals surface area contributed by atoms with Crippen molar-refractivity contribution < 1.29 is 8.42 Å². The summed E-state index contributed by atoms with van der Waals surface area (Å²) in [5, 5.41) is -0.158. The summed E-state index contributed by atoms with van der Waals surface area (Å²) >= 11 is 4.83. The highest BCUT2D eigenvalue weighted by molar-refractivity contribution is 7.89. The maximum absolute atomic E-state index is 12.5. The van der Waals surface area contributed by atoms with Crippen LogP contribution in [0.15, 0.2) is 0 Å². The van der Waals surface area contributed by atoms with Crippen LogP contribution in [0.1, 0.15) is 44.9 Å². The summed E-state index contributed by atoms with van der Waals surface area (Å²) in [7, 11) is -3.12. The number of nitrogens with zero attached hydrogens (tertiary/aromatic N) is 1. The molecule has 0 bridgehead atoms. The fraction of sp³-hybridized carbons (Fsp3) is 0.909. The van der Waals surface area contributed by atoms with Crippen LogP contribution in [0.25, 0.3) is 0 Å². The molecule has 0 amide bonds. The molecule has 0 atom stereocenters. The quantitative estimate of drug-likeness (QED) is 0.745. The number of sulfonamides is 1. The lowest BCUT2D eigenvalue weighted by atomic mass is 10.4. The Hall–Kier alpha value is -0.200. The van der Waals surface area contributed by atoms with Crippen molar-refractivity contribution in [1.29, 1.82) is 0 Å². The van der Waals surface area contributed by atoms with Crippen molar-refractivity contribution in [2.75, 3.05) is 6.54 Å². The van der Waals surface area contributed by atoms with Crippen molar-refractivity contribution in [1.82, 2.24) is 4.31 Å². The maximum Gasteiger partial charge on any atom is 0.217 e. The Morgan fingerprint density at radius 1 is 1.24 bits per heavy atom. The molecule has 0 spiro atoms. The standard InChI is InChI=1S/C11H20N2O2S2/c12-11(16)7-8-13(9-5-6-9)17(14,15)10-3-1-2-4-10/h9-10H,1-8H2,(H2,12,16). The molecule has 0 aromatic rings. The lowest BCUT2D eigenvalue weighted by molar-refractivity contribution is 0.404. The third-order valence-electron chi connectivity index (χ3n) is 3.58. The summed E-state index contributed by atoms with van der Waals surface area (Å²) < 4.78 is 26.6. The fourth-order valence-corrected chi connectivity index (χ4v) is 4.85. The topological polar surface area (TPSA) is 63.4 Å². The van der Waals surface area contributed by atoms with E-state index in [0.717, 1.165) is 38.5 Å². The maximum atomic E-state index is 12.5. The molecule has 2 aliphatic rings. The summed E-state index contributed by atoms with van der Waals surface area (Å²) in [6.07, 6.45) is 6.19. The van der Waals surface area contributed by atoms with Crippen LogP contribution in [-0.2, 0) is 10.0 Å². The van der Waals surface area contributed by atoms with Crippen molar-refractivity contribution >= 4 is 27.2 Å². The molecule has 0 heterocycles. The predicted octanol–water partition coefficient (Wildman–Crippen LogP) is 1.40. The van der Waals surface area contributed by atoms with E-state index >= 15 is 0 Å². The highest BCUT2D eigenvalue weighted by atomic mass is 32.2. The Balaban J connectivity index is 2.05. The van der Waals surface area contributed by atoms with Gasteiger partial charge in [0.2, 0.25) is 10.0 Å². The van der Waals surface area contributed by atoms with Crippen LogP contribution in [-0.4, -0.2) is 35.5 Å². The molecule has 0 unspecified atom stereocenters. The molecular weight excluding hydrogens is 256 g/mol. The molecule has 2 rings (SSSR count). The van der Waals surface area contributed by atoms with Gasteiger partial charge < -0.3 is 5.73 Å². The Morgan fingerprint density at radius 3 is 2.29 bits per heavy atom. The van der Waals surface area contributed by atoms with Crippen LogP contribution in [0, 0.1) is 0 Å². The molecule has 2 saturated carbocycles. The average Bonchev–Trinajstić information content (AvgIpc) is 2.92. The molecule has 17 heavy (non-hydrogen) atoms. The zero-order valence-electron chi connectivity index (χ0n) is 9.97. The van der Waals surface area contributed by atoms with E-state index in [1.807, 2.05) is 0 Å². The van der Waals surface area contributed by atoms with Crippen molar-refractivity contribution in [2.24, 2.45) is 5.73 Å². The second kappa shape index (κ2) is 5.20. The first-order valence-electron chi connectivity index (χ1n) is 6.31. The molecule has 4 nitrogen and oxygen atoms in total. The highest BCUT2D eigenvalue weighted by Gasteiger charge is 2.41. The fourth-order valence-electron chi connectivity index (χ4n) is 2.48. The first-order chi connectivity index (χ1) is 8.01. The highest BCUT2D eigenvalue weighted by Crippen LogP contribution is 2.34. The summed E-state index contributed by atoms with van der Waals surface area (Å²) in [5.74, 6) is 0. The first-order valence-corrected chi connectivity index (χ1v) is 8.22. The van der Waals surface area contributed by atoms with Gasteiger partial charge in [0.05, 0.1) is 10.2 Å². The molecular formula is C11H20N2O2S2. The minimum absolute atomic E-state index is 0.158. The zero-order chi connectivity index (χ0) is 12.5. The van der Waals surface area contributed by atoms with E-state index in [4.69, 9.17) is 18.0 Å². The van der Waals surface area contributed by atoms with E-state index < -0.39 is 10.0 Å². The number of nitrogens with two attached hydrogens (primary N) is 1. The molecule has 0 saturated heterocycles. The minimum atomic E-state index is -3.12. The predicted molar refractivity (Wildman–Crippen MR) is 72.3 cm³/mol. The van der Waals surface area contributed by atoms with Gasteiger partial charge in [-0.2, -0.15) is 4.31 Å².